The molecule has 4 heterocycles. The van der Waals surface area contributed by atoms with Gasteiger partial charge in [-0.3, -0.25) is 19.6 Å². The van der Waals surface area contributed by atoms with E-state index < -0.39 is 5.82 Å². The van der Waals surface area contributed by atoms with Crippen LogP contribution in [0.1, 0.15) is 284 Å². The van der Waals surface area contributed by atoms with Crippen LogP contribution in [0, 0.1) is 63.0 Å². The zero-order chi connectivity index (χ0) is 78.7. The van der Waals surface area contributed by atoms with Crippen LogP contribution in [0.25, 0.3) is 11.1 Å². The van der Waals surface area contributed by atoms with Crippen LogP contribution in [0.2, 0.25) is 20.1 Å². The number of ketones is 2. The molecule has 22 heteroatoms. The third-order valence-corrected chi connectivity index (χ3v) is 22.4. The fraction of sp³-hybridized carbons (Fsp3) is 0.443. The minimum absolute atomic E-state index is 0.0501. The second-order valence-electron chi connectivity index (χ2n) is 30.4. The Morgan fingerprint density at radius 2 is 0.891 bits per heavy atom. The summed E-state index contributed by atoms with van der Waals surface area (Å²) in [6, 6.07) is 36.6. The molecule has 574 valence electrons. The minimum atomic E-state index is -0.483. The third kappa shape index (κ3) is 22.7. The maximum Gasteiger partial charge on any atom is 0.198 e. The molecule has 0 N–H and O–H groups in total. The highest BCUT2D eigenvalue weighted by Crippen LogP contribution is 2.40. The minimum Gasteiger partial charge on any atom is -0.490 e. The highest BCUT2D eigenvalue weighted by atomic mass is 35.5. The quantitative estimate of drug-likeness (QED) is 0.0643. The summed E-state index contributed by atoms with van der Waals surface area (Å²) in [5.74, 6) is 7.02. The van der Waals surface area contributed by atoms with Gasteiger partial charge in [0.05, 0.1) is 84.2 Å². The van der Waals surface area contributed by atoms with Gasteiger partial charge in [-0.15, -0.1) is 0 Å². The number of aromatic nitrogens is 6. The lowest BCUT2D eigenvalue weighted by Crippen LogP contribution is -2.25. The normalized spacial score (nSPS) is 19.6. The van der Waals surface area contributed by atoms with Gasteiger partial charge in [0.2, 0.25) is 0 Å². The topological polar surface area (TPSA) is 249 Å². The van der Waals surface area contributed by atoms with Gasteiger partial charge in [-0.1, -0.05) is 108 Å². The van der Waals surface area contributed by atoms with Crippen LogP contribution in [0.4, 0.5) is 4.39 Å². The number of ether oxygens (including phenoxy) is 4. The van der Waals surface area contributed by atoms with Gasteiger partial charge >= 0.3 is 0 Å². The van der Waals surface area contributed by atoms with Crippen LogP contribution >= 0.6 is 46.4 Å². The number of halogens is 5. The lowest BCUT2D eigenvalue weighted by atomic mass is 9.83. The maximum atomic E-state index is 14.3. The van der Waals surface area contributed by atoms with Gasteiger partial charge in [-0.25, -0.2) is 19.3 Å². The number of nitrogens with zero attached hydrogens (tertiary/aromatic N) is 10. The Morgan fingerprint density at radius 3 is 1.26 bits per heavy atom. The van der Waals surface area contributed by atoms with Gasteiger partial charge in [0.15, 0.2) is 23.0 Å². The van der Waals surface area contributed by atoms with Crippen molar-refractivity contribution >= 4 is 69.1 Å². The molecule has 0 saturated heterocycles. The molecule has 4 aliphatic carbocycles. The Bertz CT molecular complexity index is 4810. The summed E-state index contributed by atoms with van der Waals surface area (Å²) in [6.45, 7) is 16.8. The van der Waals surface area contributed by atoms with E-state index in [-0.39, 0.29) is 53.4 Å². The van der Waals surface area contributed by atoms with Crippen molar-refractivity contribution in [3.05, 3.63) is 216 Å². The lowest BCUT2D eigenvalue weighted by molar-refractivity contribution is 0.0892. The number of carbonyl (C=O) groups excluding carboxylic acids is 2. The van der Waals surface area contributed by atoms with Crippen LogP contribution in [0.15, 0.2) is 126 Å². The van der Waals surface area contributed by atoms with Gasteiger partial charge in [-0.2, -0.15) is 21.0 Å². The van der Waals surface area contributed by atoms with Crippen molar-refractivity contribution < 1.29 is 37.3 Å². The van der Waals surface area contributed by atoms with E-state index in [4.69, 9.17) is 95.8 Å². The Hall–Kier alpha value is -9.40. The molecule has 0 atom stereocenters. The predicted molar refractivity (Wildman–Crippen MR) is 426 cm³/mol. The average molecular weight is 1570 g/mol. The number of rotatable bonds is 20. The van der Waals surface area contributed by atoms with Crippen molar-refractivity contribution in [3.8, 4) is 47.3 Å². The monoisotopic (exact) mass is 1560 g/mol. The molecule has 4 fully saturated rings. The second-order valence-corrected chi connectivity index (χ2v) is 32.0. The Balaban J connectivity index is 0.000000156. The highest BCUT2D eigenvalue weighted by molar-refractivity contribution is 6.32. The second kappa shape index (κ2) is 39.5. The highest BCUT2D eigenvalue weighted by Gasteiger charge is 2.32. The first-order valence-corrected chi connectivity index (χ1v) is 39.8. The molecule has 110 heavy (non-hydrogen) atoms. The van der Waals surface area contributed by atoms with E-state index in [0.29, 0.717) is 114 Å². The van der Waals surface area contributed by atoms with Crippen molar-refractivity contribution in [1.29, 1.82) is 21.0 Å². The van der Waals surface area contributed by atoms with Crippen LogP contribution in [-0.4, -0.2) is 65.5 Å². The molecule has 0 unspecified atom stereocenters. The number of hydrogen-bond acceptors (Lipinski definition) is 16. The van der Waals surface area contributed by atoms with E-state index in [1.54, 1.807) is 73.1 Å². The zero-order valence-corrected chi connectivity index (χ0v) is 66.9. The molecule has 0 aliphatic heterocycles. The Morgan fingerprint density at radius 1 is 0.473 bits per heavy atom. The first-order chi connectivity index (χ1) is 52.8. The van der Waals surface area contributed by atoms with E-state index in [0.717, 1.165) is 137 Å². The molecule has 9 aromatic rings. The smallest absolute Gasteiger partial charge is 0.198 e. The van der Waals surface area contributed by atoms with Gasteiger partial charge < -0.3 is 27.9 Å². The number of hydrogen-bond donors (Lipinski definition) is 0. The van der Waals surface area contributed by atoms with Gasteiger partial charge in [0, 0.05) is 86.0 Å². The summed E-state index contributed by atoms with van der Waals surface area (Å²) in [6.07, 6.45) is 23.1. The van der Waals surface area contributed by atoms with E-state index >= 15 is 0 Å². The molecular weight excluding hydrogens is 1470 g/mol. The summed E-state index contributed by atoms with van der Waals surface area (Å²) in [4.78, 5) is 47.3. The van der Waals surface area contributed by atoms with Crippen molar-refractivity contribution in [2.45, 2.75) is 231 Å². The summed E-state index contributed by atoms with van der Waals surface area (Å²) in [5, 5.41) is 37.5. The van der Waals surface area contributed by atoms with E-state index in [1.807, 2.05) is 50.4 Å². The van der Waals surface area contributed by atoms with Crippen molar-refractivity contribution in [3.63, 3.8) is 0 Å². The molecule has 4 aliphatic rings. The van der Waals surface area contributed by atoms with Crippen molar-refractivity contribution in [1.82, 2.24) is 29.5 Å². The fourth-order valence-electron chi connectivity index (χ4n) is 14.5. The molecule has 13 rings (SSSR count). The number of benzene rings is 5. The molecule has 4 aromatic heterocycles. The largest absolute Gasteiger partial charge is 0.490 e. The van der Waals surface area contributed by atoms with Gasteiger partial charge in [-0.05, 0) is 211 Å². The number of nitriles is 4. The summed E-state index contributed by atoms with van der Waals surface area (Å²) in [5.41, 5.74) is 8.29. The first kappa shape index (κ1) is 83.1. The van der Waals surface area contributed by atoms with E-state index in [9.17, 15) is 14.0 Å². The molecule has 0 radical (unpaired) electrons. The van der Waals surface area contributed by atoms with Crippen LogP contribution in [0.3, 0.4) is 0 Å². The van der Waals surface area contributed by atoms with Crippen LogP contribution in [0.5, 0.6) is 23.0 Å². The van der Waals surface area contributed by atoms with Crippen molar-refractivity contribution in [2.24, 2.45) is 18.9 Å². The average Bonchev–Trinajstić information content (AvgIpc) is 1.66. The van der Waals surface area contributed by atoms with Crippen LogP contribution in [-0.2, 0) is 7.05 Å². The Labute approximate surface area is 665 Å². The first-order valence-electron chi connectivity index (χ1n) is 38.3. The summed E-state index contributed by atoms with van der Waals surface area (Å²) in [7, 11) is 2.12. The number of Topliss-reactive ketones (excluding diaryl/α,β-unsaturated/α-hetero) is 2. The van der Waals surface area contributed by atoms with Crippen LogP contribution < -0.4 is 18.9 Å². The summed E-state index contributed by atoms with van der Waals surface area (Å²) >= 11 is 24.3. The molecular formula is C88H95Cl4FN10O7. The third-order valence-electron chi connectivity index (χ3n) is 21.1. The van der Waals surface area contributed by atoms with Gasteiger partial charge in [0.1, 0.15) is 70.1 Å². The molecule has 17 nitrogen and oxygen atoms in total. The number of fused-ring (bicyclic) bond motifs is 1. The lowest BCUT2D eigenvalue weighted by Gasteiger charge is -2.29. The summed E-state index contributed by atoms with van der Waals surface area (Å²) < 4.78 is 46.7. The molecule has 0 spiro atoms. The molecule has 0 bridgehead atoms. The fourth-order valence-corrected chi connectivity index (χ4v) is 15.4. The van der Waals surface area contributed by atoms with Gasteiger partial charge in [0.25, 0.3) is 0 Å². The predicted octanol–water partition coefficient (Wildman–Crippen LogP) is 23.2. The Kier molecular flexibility index (Phi) is 29.8. The SMILES string of the molecule is CC(C)c1cc(F)c(C(=O)CC2CCC(Oc3ccc(C#N)c(Cl)c3)CC2)cn1.CC(C)c1ccc2oc(C3CCC(Oc4ccc(C#N)c(Cl)c4)CC3)nc2c1.CC(C)c1cnc(C(=O)CC2CCC(Oc3ccc(C#N)c(Cl)c3)CC2)cn1.CC(C)c1cnc(C2CCC(Oc3ccc(C#N)c(Cl)c3)CC2)n1C. The zero-order valence-electron chi connectivity index (χ0n) is 63.9. The number of oxazole rings is 1. The number of carbonyl (C=O) groups is 2. The molecule has 5 aromatic carbocycles. The standard InChI is InChI=1S/C23H24ClFN2O2.C23H23ClN2O2.C22H24ClN3O2.C20H24ClN3O/c1-14(2)22-11-21(25)19(13-27-22)23(28)9-15-3-6-17(7-4-15)29-18-8-5-16(12-26)20(24)10-18;1-14(2)16-6-10-22-21(11-16)26-23(28-22)15-3-7-18(8-4-15)27-19-9-5-17(13-25)20(24)12-19;1-14(2)20-12-26-21(13-25-20)22(27)9-15-3-6-17(7-4-15)28-18-8-5-16(11-24)19(23)10-18;1-13(2)19-12-23-20(24(19)3)14-4-7-16(8-5-14)25-17-9-6-15(11-22)18(21)10-17/h5,8,10-11,13-15,17H,3-4,6-7,9H2,1-2H3;5-6,9-12,14-15,18H,3-4,7-8H2,1-2H3;5,8,10,12-15,17H,3-4,6-7,9H2,1-2H3;6,9-10,12-14,16H,4-5,7-8H2,1-3H3. The van der Waals surface area contributed by atoms with E-state index in [1.165, 1.54) is 29.3 Å². The number of imidazole rings is 1. The van der Waals surface area contributed by atoms with Crippen molar-refractivity contribution in [2.75, 3.05) is 0 Å². The van der Waals surface area contributed by atoms with E-state index in [2.05, 4.69) is 97.4 Å². The number of pyridine rings is 1. The maximum absolute atomic E-state index is 14.3. The molecule has 4 saturated carbocycles. The molecule has 0 amide bonds.